The van der Waals surface area contributed by atoms with E-state index in [9.17, 15) is 4.79 Å². The highest BCUT2D eigenvalue weighted by Gasteiger charge is 2.42. The van der Waals surface area contributed by atoms with E-state index in [1.807, 2.05) is 37.3 Å². The maximum atomic E-state index is 11.8. The summed E-state index contributed by atoms with van der Waals surface area (Å²) in [5.74, 6) is 5.59. The minimum Gasteiger partial charge on any atom is -0.280 e. The first-order chi connectivity index (χ1) is 6.64. The molecule has 0 aliphatic carbocycles. The van der Waals surface area contributed by atoms with Crippen molar-refractivity contribution in [3.8, 4) is 0 Å². The van der Waals surface area contributed by atoms with Crippen molar-refractivity contribution < 1.29 is 4.79 Å². The summed E-state index contributed by atoms with van der Waals surface area (Å²) in [5.41, 5.74) is 0.633. The Kier molecular flexibility index (Phi) is 2.04. The molecule has 0 saturated carbocycles. The van der Waals surface area contributed by atoms with Crippen LogP contribution in [0.25, 0.3) is 0 Å². The van der Waals surface area contributed by atoms with Gasteiger partial charge in [0.1, 0.15) is 0 Å². The standard InChI is InChI=1S/C11H14N2O/c1-11(7-8-13(12)10(11)14)9-5-3-2-4-6-9/h2-6H,7-8,12H2,1H3/t11-/m0/s1. The zero-order valence-electron chi connectivity index (χ0n) is 8.23. The van der Waals surface area contributed by atoms with E-state index in [1.54, 1.807) is 0 Å². The molecule has 0 bridgehead atoms. The van der Waals surface area contributed by atoms with E-state index in [4.69, 9.17) is 5.84 Å². The summed E-state index contributed by atoms with van der Waals surface area (Å²) in [7, 11) is 0. The second-order valence-electron chi connectivity index (χ2n) is 3.95. The van der Waals surface area contributed by atoms with Crippen molar-refractivity contribution in [3.63, 3.8) is 0 Å². The summed E-state index contributed by atoms with van der Waals surface area (Å²) in [6.45, 7) is 2.60. The Hall–Kier alpha value is -1.35. The molecule has 1 aromatic carbocycles. The van der Waals surface area contributed by atoms with Gasteiger partial charge in [-0.05, 0) is 18.9 Å². The third kappa shape index (κ3) is 1.21. The second-order valence-corrected chi connectivity index (χ2v) is 3.95. The van der Waals surface area contributed by atoms with Gasteiger partial charge in [-0.1, -0.05) is 30.3 Å². The maximum Gasteiger partial charge on any atom is 0.246 e. The van der Waals surface area contributed by atoms with Crippen LogP contribution in [0.5, 0.6) is 0 Å². The molecule has 0 spiro atoms. The highest BCUT2D eigenvalue weighted by molar-refractivity contribution is 5.89. The summed E-state index contributed by atoms with van der Waals surface area (Å²) < 4.78 is 0. The Labute approximate surface area is 83.5 Å². The average Bonchev–Trinajstić information content (AvgIpc) is 2.49. The smallest absolute Gasteiger partial charge is 0.246 e. The Morgan fingerprint density at radius 1 is 1.36 bits per heavy atom. The van der Waals surface area contributed by atoms with Crippen LogP contribution in [-0.4, -0.2) is 17.5 Å². The summed E-state index contributed by atoms with van der Waals surface area (Å²) >= 11 is 0. The summed E-state index contributed by atoms with van der Waals surface area (Å²) in [6, 6.07) is 9.82. The Bertz CT molecular complexity index is 350. The molecule has 1 aliphatic rings. The number of hydrogen-bond acceptors (Lipinski definition) is 2. The lowest BCUT2D eigenvalue weighted by Gasteiger charge is -2.21. The number of carbonyl (C=O) groups excluding carboxylic acids is 1. The fraction of sp³-hybridized carbons (Fsp3) is 0.364. The molecular formula is C11H14N2O. The third-order valence-electron chi connectivity index (χ3n) is 3.00. The zero-order valence-corrected chi connectivity index (χ0v) is 8.23. The molecule has 1 aliphatic heterocycles. The number of hydrogen-bond donors (Lipinski definition) is 1. The Morgan fingerprint density at radius 2 is 2.00 bits per heavy atom. The quantitative estimate of drug-likeness (QED) is 0.531. The number of rotatable bonds is 1. The molecule has 14 heavy (non-hydrogen) atoms. The van der Waals surface area contributed by atoms with Crippen LogP contribution >= 0.6 is 0 Å². The molecule has 1 saturated heterocycles. The molecule has 1 heterocycles. The molecule has 3 nitrogen and oxygen atoms in total. The summed E-state index contributed by atoms with van der Waals surface area (Å²) in [6.07, 6.45) is 0.798. The van der Waals surface area contributed by atoms with Gasteiger partial charge in [0.15, 0.2) is 0 Å². The molecule has 0 radical (unpaired) electrons. The molecule has 1 atom stereocenters. The van der Waals surface area contributed by atoms with Crippen molar-refractivity contribution in [2.75, 3.05) is 6.54 Å². The lowest BCUT2D eigenvalue weighted by molar-refractivity contribution is -0.132. The first kappa shape index (κ1) is 9.21. The predicted molar refractivity (Wildman–Crippen MR) is 54.3 cm³/mol. The normalized spacial score (nSPS) is 27.0. The molecule has 2 N–H and O–H groups in total. The number of nitrogens with two attached hydrogens (primary N) is 1. The van der Waals surface area contributed by atoms with E-state index < -0.39 is 5.41 Å². The fourth-order valence-electron chi connectivity index (χ4n) is 1.94. The van der Waals surface area contributed by atoms with Crippen molar-refractivity contribution in [1.29, 1.82) is 0 Å². The monoisotopic (exact) mass is 190 g/mol. The van der Waals surface area contributed by atoms with E-state index >= 15 is 0 Å². The molecule has 1 amide bonds. The predicted octanol–water partition coefficient (Wildman–Crippen LogP) is 1.05. The SMILES string of the molecule is C[C@@]1(c2ccccc2)CCN(N)C1=O. The number of nitrogens with zero attached hydrogens (tertiary/aromatic N) is 1. The van der Waals surface area contributed by atoms with Gasteiger partial charge in [-0.2, -0.15) is 0 Å². The van der Waals surface area contributed by atoms with E-state index in [0.29, 0.717) is 6.54 Å². The number of benzene rings is 1. The number of amides is 1. The van der Waals surface area contributed by atoms with Crippen molar-refractivity contribution >= 4 is 5.91 Å². The van der Waals surface area contributed by atoms with Gasteiger partial charge in [-0.3, -0.25) is 9.80 Å². The summed E-state index contributed by atoms with van der Waals surface area (Å²) in [5, 5.41) is 1.31. The van der Waals surface area contributed by atoms with Gasteiger partial charge in [0, 0.05) is 6.54 Å². The maximum absolute atomic E-state index is 11.8. The zero-order chi connectivity index (χ0) is 10.2. The van der Waals surface area contributed by atoms with Gasteiger partial charge >= 0.3 is 0 Å². The van der Waals surface area contributed by atoms with Crippen molar-refractivity contribution in [1.82, 2.24) is 5.01 Å². The fourth-order valence-corrected chi connectivity index (χ4v) is 1.94. The van der Waals surface area contributed by atoms with Crippen LogP contribution < -0.4 is 5.84 Å². The molecule has 1 aromatic rings. The highest BCUT2D eigenvalue weighted by atomic mass is 16.2. The van der Waals surface area contributed by atoms with Crippen LogP contribution in [0.1, 0.15) is 18.9 Å². The summed E-state index contributed by atoms with van der Waals surface area (Å²) in [4.78, 5) is 11.8. The van der Waals surface area contributed by atoms with Gasteiger partial charge in [0.2, 0.25) is 5.91 Å². The molecule has 0 unspecified atom stereocenters. The van der Waals surface area contributed by atoms with Crippen LogP contribution in [0.3, 0.4) is 0 Å². The van der Waals surface area contributed by atoms with Gasteiger partial charge < -0.3 is 0 Å². The van der Waals surface area contributed by atoms with Crippen LogP contribution in [0, 0.1) is 0 Å². The Balaban J connectivity index is 2.39. The molecule has 1 fully saturated rings. The molecule has 3 heteroatoms. The third-order valence-corrected chi connectivity index (χ3v) is 3.00. The molecular weight excluding hydrogens is 176 g/mol. The number of hydrazine groups is 1. The second kappa shape index (κ2) is 3.10. The van der Waals surface area contributed by atoms with Crippen LogP contribution in [0.4, 0.5) is 0 Å². The van der Waals surface area contributed by atoms with Gasteiger partial charge in [0.05, 0.1) is 5.41 Å². The topological polar surface area (TPSA) is 46.3 Å². The van der Waals surface area contributed by atoms with Crippen LogP contribution in [0.2, 0.25) is 0 Å². The lowest BCUT2D eigenvalue weighted by Crippen LogP contribution is -2.39. The van der Waals surface area contributed by atoms with Gasteiger partial charge in [0.25, 0.3) is 0 Å². The molecule has 74 valence electrons. The largest absolute Gasteiger partial charge is 0.280 e. The van der Waals surface area contributed by atoms with Crippen molar-refractivity contribution in [2.45, 2.75) is 18.8 Å². The first-order valence-corrected chi connectivity index (χ1v) is 4.77. The van der Waals surface area contributed by atoms with Crippen LogP contribution in [-0.2, 0) is 10.2 Å². The minimum absolute atomic E-state index is 0.0173. The minimum atomic E-state index is -0.421. The van der Waals surface area contributed by atoms with Gasteiger partial charge in [-0.15, -0.1) is 0 Å². The van der Waals surface area contributed by atoms with E-state index in [2.05, 4.69) is 0 Å². The Morgan fingerprint density at radius 3 is 2.50 bits per heavy atom. The van der Waals surface area contributed by atoms with Crippen molar-refractivity contribution in [3.05, 3.63) is 35.9 Å². The highest BCUT2D eigenvalue weighted by Crippen LogP contribution is 2.33. The van der Waals surface area contributed by atoms with E-state index in [-0.39, 0.29) is 5.91 Å². The molecule has 2 rings (SSSR count). The average molecular weight is 190 g/mol. The lowest BCUT2D eigenvalue weighted by atomic mass is 9.81. The van der Waals surface area contributed by atoms with E-state index in [0.717, 1.165) is 12.0 Å². The van der Waals surface area contributed by atoms with Crippen molar-refractivity contribution in [2.24, 2.45) is 5.84 Å². The van der Waals surface area contributed by atoms with Crippen LogP contribution in [0.15, 0.2) is 30.3 Å². The van der Waals surface area contributed by atoms with Gasteiger partial charge in [-0.25, -0.2) is 5.84 Å². The number of carbonyl (C=O) groups is 1. The first-order valence-electron chi connectivity index (χ1n) is 4.77. The van der Waals surface area contributed by atoms with E-state index in [1.165, 1.54) is 5.01 Å². The molecule has 0 aromatic heterocycles.